The van der Waals surface area contributed by atoms with Crippen LogP contribution in [-0.2, 0) is 21.2 Å². The second kappa shape index (κ2) is 6.14. The van der Waals surface area contributed by atoms with Gasteiger partial charge in [-0.1, -0.05) is 17.7 Å². The van der Waals surface area contributed by atoms with Crippen molar-refractivity contribution in [3.05, 3.63) is 40.2 Å². The minimum atomic E-state index is -3.68. The molecule has 0 bridgehead atoms. The lowest BCUT2D eigenvalue weighted by atomic mass is 10.0. The first-order valence-corrected chi connectivity index (χ1v) is 9.74. The molecule has 0 aliphatic carbocycles. The Labute approximate surface area is 143 Å². The van der Waals surface area contributed by atoms with Gasteiger partial charge in [0.1, 0.15) is 4.21 Å². The largest absolute Gasteiger partial charge is 0.312 e. The standard InChI is InChI=1S/C15H15ClN2O3S2/c1-10(19)18-8-2-3-11-4-5-12(9-13(11)18)17-23(20,21)15-7-6-14(16)22-15/h4-7,9,17H,2-3,8H2,1H3. The Morgan fingerprint density at radius 3 is 2.74 bits per heavy atom. The number of fused-ring (bicyclic) bond motifs is 1. The molecule has 23 heavy (non-hydrogen) atoms. The molecule has 1 amide bonds. The molecule has 1 aliphatic rings. The van der Waals surface area contributed by atoms with Crippen LogP contribution in [0, 0.1) is 0 Å². The molecule has 0 atom stereocenters. The normalized spacial score (nSPS) is 14.4. The number of carbonyl (C=O) groups is 1. The van der Waals surface area contributed by atoms with Crippen molar-refractivity contribution in [2.75, 3.05) is 16.2 Å². The van der Waals surface area contributed by atoms with Crippen LogP contribution < -0.4 is 9.62 Å². The quantitative estimate of drug-likeness (QED) is 0.899. The molecule has 1 aromatic heterocycles. The molecule has 0 saturated carbocycles. The van der Waals surface area contributed by atoms with Crippen LogP contribution in [-0.4, -0.2) is 20.9 Å². The van der Waals surface area contributed by atoms with Crippen molar-refractivity contribution >= 4 is 50.2 Å². The maximum Gasteiger partial charge on any atom is 0.271 e. The van der Waals surface area contributed by atoms with Gasteiger partial charge in [-0.2, -0.15) is 0 Å². The fourth-order valence-corrected chi connectivity index (χ4v) is 5.14. The summed E-state index contributed by atoms with van der Waals surface area (Å²) in [5.74, 6) is -0.0454. The molecule has 5 nitrogen and oxygen atoms in total. The van der Waals surface area contributed by atoms with Crippen LogP contribution in [0.1, 0.15) is 18.9 Å². The number of sulfonamides is 1. The monoisotopic (exact) mass is 370 g/mol. The van der Waals surface area contributed by atoms with Gasteiger partial charge in [0, 0.05) is 19.2 Å². The topological polar surface area (TPSA) is 66.5 Å². The van der Waals surface area contributed by atoms with Crippen molar-refractivity contribution < 1.29 is 13.2 Å². The van der Waals surface area contributed by atoms with Gasteiger partial charge in [0.05, 0.1) is 10.0 Å². The Kier molecular flexibility index (Phi) is 4.35. The van der Waals surface area contributed by atoms with Crippen molar-refractivity contribution in [3.8, 4) is 0 Å². The highest BCUT2D eigenvalue weighted by Gasteiger charge is 2.22. The zero-order valence-corrected chi connectivity index (χ0v) is 14.8. The van der Waals surface area contributed by atoms with Gasteiger partial charge >= 0.3 is 0 Å². The Balaban J connectivity index is 1.93. The average Bonchev–Trinajstić information content (AvgIpc) is 2.93. The highest BCUT2D eigenvalue weighted by atomic mass is 35.5. The van der Waals surface area contributed by atoms with Gasteiger partial charge in [-0.25, -0.2) is 8.42 Å². The molecule has 1 N–H and O–H groups in total. The number of hydrogen-bond donors (Lipinski definition) is 1. The Hall–Kier alpha value is -1.57. The van der Waals surface area contributed by atoms with Crippen molar-refractivity contribution in [1.82, 2.24) is 0 Å². The van der Waals surface area contributed by atoms with Gasteiger partial charge in [-0.05, 0) is 42.7 Å². The van der Waals surface area contributed by atoms with Crippen molar-refractivity contribution in [1.29, 1.82) is 0 Å². The second-order valence-corrected chi connectivity index (χ2v) is 8.91. The average molecular weight is 371 g/mol. The third-order valence-electron chi connectivity index (χ3n) is 3.65. The number of aryl methyl sites for hydroxylation is 1. The summed E-state index contributed by atoms with van der Waals surface area (Å²) in [6.07, 6.45) is 1.79. The van der Waals surface area contributed by atoms with E-state index in [9.17, 15) is 13.2 Å². The SMILES string of the molecule is CC(=O)N1CCCc2ccc(NS(=O)(=O)c3ccc(Cl)s3)cc21. The van der Waals surface area contributed by atoms with E-state index in [0.717, 1.165) is 35.4 Å². The van der Waals surface area contributed by atoms with Crippen molar-refractivity contribution in [2.24, 2.45) is 0 Å². The lowest BCUT2D eigenvalue weighted by Crippen LogP contribution is -2.33. The summed E-state index contributed by atoms with van der Waals surface area (Å²) in [6.45, 7) is 2.17. The van der Waals surface area contributed by atoms with E-state index in [1.54, 1.807) is 23.1 Å². The number of benzene rings is 1. The fraction of sp³-hybridized carbons (Fsp3) is 0.267. The van der Waals surface area contributed by atoms with Gasteiger partial charge in [-0.15, -0.1) is 11.3 Å². The van der Waals surface area contributed by atoms with E-state index >= 15 is 0 Å². The highest BCUT2D eigenvalue weighted by molar-refractivity contribution is 7.94. The molecule has 0 spiro atoms. The first-order chi connectivity index (χ1) is 10.9. The number of amides is 1. The number of nitrogens with one attached hydrogen (secondary N) is 1. The molecule has 2 heterocycles. The Bertz CT molecular complexity index is 861. The zero-order chi connectivity index (χ0) is 16.6. The Morgan fingerprint density at radius 1 is 1.30 bits per heavy atom. The number of nitrogens with zero attached hydrogens (tertiary/aromatic N) is 1. The van der Waals surface area contributed by atoms with E-state index in [1.807, 2.05) is 6.07 Å². The number of rotatable bonds is 3. The van der Waals surface area contributed by atoms with Crippen LogP contribution in [0.25, 0.3) is 0 Å². The summed E-state index contributed by atoms with van der Waals surface area (Å²) in [6, 6.07) is 8.31. The minimum Gasteiger partial charge on any atom is -0.312 e. The lowest BCUT2D eigenvalue weighted by Gasteiger charge is -2.29. The first-order valence-electron chi connectivity index (χ1n) is 7.06. The van der Waals surface area contributed by atoms with Gasteiger partial charge in [0.15, 0.2) is 0 Å². The molecule has 3 rings (SSSR count). The van der Waals surface area contributed by atoms with Gasteiger partial charge < -0.3 is 4.90 Å². The highest BCUT2D eigenvalue weighted by Crippen LogP contribution is 2.32. The third-order valence-corrected chi connectivity index (χ3v) is 6.75. The molecule has 122 valence electrons. The van der Waals surface area contributed by atoms with Gasteiger partial charge in [0.2, 0.25) is 5.91 Å². The minimum absolute atomic E-state index is 0.0454. The van der Waals surface area contributed by atoms with Crippen LogP contribution in [0.2, 0.25) is 4.34 Å². The molecule has 2 aromatic rings. The van der Waals surface area contributed by atoms with Gasteiger partial charge in [-0.3, -0.25) is 9.52 Å². The van der Waals surface area contributed by atoms with E-state index in [0.29, 0.717) is 16.6 Å². The summed E-state index contributed by atoms with van der Waals surface area (Å²) in [5, 5.41) is 0. The number of thiophene rings is 1. The molecule has 0 fully saturated rings. The maximum atomic E-state index is 12.4. The number of halogens is 1. The number of carbonyl (C=O) groups excluding carboxylic acids is 1. The van der Waals surface area contributed by atoms with Crippen molar-refractivity contribution in [2.45, 2.75) is 24.0 Å². The molecule has 0 unspecified atom stereocenters. The number of hydrogen-bond acceptors (Lipinski definition) is 4. The molecular formula is C15H15ClN2O3S2. The summed E-state index contributed by atoms with van der Waals surface area (Å²) >= 11 is 6.80. The van der Waals surface area contributed by atoms with Crippen LogP contribution in [0.3, 0.4) is 0 Å². The molecular weight excluding hydrogens is 356 g/mol. The predicted molar refractivity (Wildman–Crippen MR) is 92.9 cm³/mol. The molecule has 0 radical (unpaired) electrons. The van der Waals surface area contributed by atoms with E-state index < -0.39 is 10.0 Å². The molecule has 1 aliphatic heterocycles. The van der Waals surface area contributed by atoms with Crippen molar-refractivity contribution in [3.63, 3.8) is 0 Å². The second-order valence-electron chi connectivity index (χ2n) is 5.28. The van der Waals surface area contributed by atoms with E-state index in [2.05, 4.69) is 4.72 Å². The first kappa shape index (κ1) is 16.3. The van der Waals surface area contributed by atoms with E-state index in [1.165, 1.54) is 13.0 Å². The Morgan fingerprint density at radius 2 is 2.09 bits per heavy atom. The third kappa shape index (κ3) is 3.36. The molecule has 8 heteroatoms. The van der Waals surface area contributed by atoms with E-state index in [-0.39, 0.29) is 10.1 Å². The van der Waals surface area contributed by atoms with Crippen LogP contribution >= 0.6 is 22.9 Å². The fourth-order valence-electron chi connectivity index (χ4n) is 2.61. The molecule has 0 saturated heterocycles. The summed E-state index contributed by atoms with van der Waals surface area (Å²) < 4.78 is 27.8. The van der Waals surface area contributed by atoms with Crippen LogP contribution in [0.15, 0.2) is 34.5 Å². The summed E-state index contributed by atoms with van der Waals surface area (Å²) in [5.41, 5.74) is 2.25. The van der Waals surface area contributed by atoms with E-state index in [4.69, 9.17) is 11.6 Å². The molecule has 1 aromatic carbocycles. The zero-order valence-electron chi connectivity index (χ0n) is 12.4. The summed E-state index contributed by atoms with van der Waals surface area (Å²) in [4.78, 5) is 13.4. The number of anilines is 2. The predicted octanol–water partition coefficient (Wildman–Crippen LogP) is 3.50. The smallest absolute Gasteiger partial charge is 0.271 e. The van der Waals surface area contributed by atoms with Crippen LogP contribution in [0.4, 0.5) is 11.4 Å². The lowest BCUT2D eigenvalue weighted by molar-refractivity contribution is -0.116. The maximum absolute atomic E-state index is 12.4. The van der Waals surface area contributed by atoms with Crippen LogP contribution in [0.5, 0.6) is 0 Å². The van der Waals surface area contributed by atoms with Gasteiger partial charge in [0.25, 0.3) is 10.0 Å². The summed E-state index contributed by atoms with van der Waals surface area (Å²) in [7, 11) is -3.68.